The van der Waals surface area contributed by atoms with Gasteiger partial charge in [0.25, 0.3) is 0 Å². The Morgan fingerprint density at radius 1 is 1.25 bits per heavy atom. The van der Waals surface area contributed by atoms with E-state index in [4.69, 9.17) is 4.74 Å². The Morgan fingerprint density at radius 3 is 2.38 bits per heavy atom. The average molecular weight is 228 g/mol. The lowest BCUT2D eigenvalue weighted by Crippen LogP contribution is -2.03. The number of benzene rings is 1. The Balaban J connectivity index is 2.76. The fraction of sp³-hybridized carbons (Fsp3) is 0.250. The Labute approximate surface area is 91.9 Å². The lowest BCUT2D eigenvalue weighted by atomic mass is 10.1. The van der Waals surface area contributed by atoms with Crippen molar-refractivity contribution in [2.75, 3.05) is 6.61 Å². The van der Waals surface area contributed by atoms with Crippen molar-refractivity contribution in [2.24, 2.45) is 0 Å². The van der Waals surface area contributed by atoms with Gasteiger partial charge < -0.3 is 4.74 Å². The summed E-state index contributed by atoms with van der Waals surface area (Å²) < 4.78 is 41.5. The normalized spacial score (nSPS) is 10.5. The van der Waals surface area contributed by atoms with Crippen molar-refractivity contribution in [2.45, 2.75) is 13.1 Å². The highest BCUT2D eigenvalue weighted by molar-refractivity contribution is 5.49. The fourth-order valence-electron chi connectivity index (χ4n) is 1.03. The molecule has 0 fully saturated rings. The molecule has 0 heterocycles. The predicted molar refractivity (Wildman–Crippen MR) is 55.6 cm³/mol. The van der Waals surface area contributed by atoms with Crippen LogP contribution >= 0.6 is 0 Å². The van der Waals surface area contributed by atoms with Gasteiger partial charge in [0.2, 0.25) is 0 Å². The van der Waals surface area contributed by atoms with Gasteiger partial charge in [-0.3, -0.25) is 0 Å². The van der Waals surface area contributed by atoms with Crippen LogP contribution in [0, 0.1) is 0 Å². The summed E-state index contributed by atoms with van der Waals surface area (Å²) in [6, 6.07) is 4.84. The standard InChI is InChI=1S/C12H11F3O/c1-2-16-9-3-4-10-5-7-11(8-6-10)12(13,14)15/h4-9H,2H2,1H3. The molecule has 0 unspecified atom stereocenters. The van der Waals surface area contributed by atoms with Crippen LogP contribution in [0.3, 0.4) is 0 Å². The molecule has 0 saturated heterocycles. The second kappa shape index (κ2) is 5.42. The van der Waals surface area contributed by atoms with Crippen LogP contribution in [-0.2, 0) is 10.9 Å². The molecule has 4 heteroatoms. The minimum absolute atomic E-state index is 0.536. The van der Waals surface area contributed by atoms with Crippen molar-refractivity contribution in [3.63, 3.8) is 0 Å². The summed E-state index contributed by atoms with van der Waals surface area (Å²) >= 11 is 0. The van der Waals surface area contributed by atoms with E-state index >= 15 is 0 Å². The van der Waals surface area contributed by atoms with Gasteiger partial charge in [-0.25, -0.2) is 0 Å². The molecule has 0 spiro atoms. The van der Waals surface area contributed by atoms with E-state index in [1.54, 1.807) is 6.08 Å². The van der Waals surface area contributed by atoms with E-state index in [0.29, 0.717) is 12.2 Å². The topological polar surface area (TPSA) is 9.23 Å². The molecule has 1 nitrogen and oxygen atoms in total. The third-order valence-corrected chi connectivity index (χ3v) is 1.81. The Hall–Kier alpha value is -1.67. The zero-order valence-corrected chi connectivity index (χ0v) is 8.71. The Kier molecular flexibility index (Phi) is 4.20. The second-order valence-corrected chi connectivity index (χ2v) is 3.00. The Morgan fingerprint density at radius 2 is 1.88 bits per heavy atom. The van der Waals surface area contributed by atoms with Crippen LogP contribution < -0.4 is 0 Å². The lowest BCUT2D eigenvalue weighted by molar-refractivity contribution is -0.137. The minimum atomic E-state index is -4.29. The van der Waals surface area contributed by atoms with Crippen LogP contribution in [0.5, 0.6) is 0 Å². The molecule has 0 N–H and O–H groups in total. The molecule has 0 atom stereocenters. The molecule has 0 radical (unpaired) electrons. The molecular weight excluding hydrogens is 217 g/mol. The summed E-state index contributed by atoms with van der Waals surface area (Å²) in [4.78, 5) is 0. The highest BCUT2D eigenvalue weighted by atomic mass is 19.4. The minimum Gasteiger partial charge on any atom is -0.493 e. The first-order valence-corrected chi connectivity index (χ1v) is 4.74. The van der Waals surface area contributed by atoms with Crippen LogP contribution in [0.2, 0.25) is 0 Å². The molecule has 0 aliphatic heterocycles. The number of hydrogen-bond acceptors (Lipinski definition) is 1. The predicted octanol–water partition coefficient (Wildman–Crippen LogP) is 3.87. The molecule has 16 heavy (non-hydrogen) atoms. The quantitative estimate of drug-likeness (QED) is 0.563. The van der Waals surface area contributed by atoms with Gasteiger partial charge in [-0.2, -0.15) is 13.2 Å². The first-order chi connectivity index (χ1) is 7.54. The van der Waals surface area contributed by atoms with Crippen molar-refractivity contribution in [3.05, 3.63) is 47.4 Å². The summed E-state index contributed by atoms with van der Waals surface area (Å²) in [6.07, 6.45) is -1.36. The van der Waals surface area contributed by atoms with Crippen molar-refractivity contribution < 1.29 is 17.9 Å². The highest BCUT2D eigenvalue weighted by Crippen LogP contribution is 2.29. The van der Waals surface area contributed by atoms with E-state index in [1.807, 2.05) is 6.92 Å². The van der Waals surface area contributed by atoms with Crippen molar-refractivity contribution in [1.29, 1.82) is 0 Å². The molecule has 0 saturated carbocycles. The molecule has 0 bridgehead atoms. The molecule has 0 amide bonds. The van der Waals surface area contributed by atoms with Crippen LogP contribution in [-0.4, -0.2) is 6.61 Å². The fourth-order valence-corrected chi connectivity index (χ4v) is 1.03. The summed E-state index contributed by atoms with van der Waals surface area (Å²) in [5.74, 6) is 0. The van der Waals surface area contributed by atoms with Gasteiger partial charge in [0.05, 0.1) is 12.2 Å². The zero-order chi connectivity index (χ0) is 12.0. The second-order valence-electron chi connectivity index (χ2n) is 3.00. The third kappa shape index (κ3) is 3.83. The smallest absolute Gasteiger partial charge is 0.416 e. The van der Waals surface area contributed by atoms with E-state index in [-0.39, 0.29) is 0 Å². The molecule has 0 aromatic heterocycles. The largest absolute Gasteiger partial charge is 0.493 e. The van der Waals surface area contributed by atoms with E-state index < -0.39 is 11.7 Å². The molecule has 1 aromatic carbocycles. The SMILES string of the molecule is CCOC=C=Cc1ccc(C(F)(F)F)cc1. The summed E-state index contributed by atoms with van der Waals surface area (Å²) in [7, 11) is 0. The molecule has 0 aliphatic rings. The maximum absolute atomic E-state index is 12.2. The highest BCUT2D eigenvalue weighted by Gasteiger charge is 2.29. The van der Waals surface area contributed by atoms with Crippen LogP contribution in [0.15, 0.2) is 36.3 Å². The monoisotopic (exact) mass is 228 g/mol. The molecule has 0 aliphatic carbocycles. The number of ether oxygens (including phenoxy) is 1. The average Bonchev–Trinajstić information content (AvgIpc) is 2.24. The number of halogens is 3. The van der Waals surface area contributed by atoms with Crippen molar-refractivity contribution in [3.8, 4) is 0 Å². The van der Waals surface area contributed by atoms with Crippen molar-refractivity contribution >= 4 is 6.08 Å². The van der Waals surface area contributed by atoms with Gasteiger partial charge in [0.1, 0.15) is 6.26 Å². The molecule has 1 aromatic rings. The number of alkyl halides is 3. The van der Waals surface area contributed by atoms with Gasteiger partial charge in [0, 0.05) is 0 Å². The van der Waals surface area contributed by atoms with Crippen molar-refractivity contribution in [1.82, 2.24) is 0 Å². The third-order valence-electron chi connectivity index (χ3n) is 1.81. The maximum atomic E-state index is 12.2. The summed E-state index contributed by atoms with van der Waals surface area (Å²) in [6.45, 7) is 2.37. The van der Waals surface area contributed by atoms with Gasteiger partial charge in [0.15, 0.2) is 0 Å². The van der Waals surface area contributed by atoms with E-state index in [9.17, 15) is 13.2 Å². The van der Waals surface area contributed by atoms with Crippen LogP contribution in [0.25, 0.3) is 6.08 Å². The number of hydrogen-bond donors (Lipinski definition) is 0. The van der Waals surface area contributed by atoms with Crippen LogP contribution in [0.4, 0.5) is 13.2 Å². The van der Waals surface area contributed by atoms with Crippen LogP contribution in [0.1, 0.15) is 18.1 Å². The van der Waals surface area contributed by atoms with Gasteiger partial charge in [-0.05, 0) is 30.7 Å². The molecule has 1 rings (SSSR count). The first-order valence-electron chi connectivity index (χ1n) is 4.74. The van der Waals surface area contributed by atoms with E-state index in [1.165, 1.54) is 18.4 Å². The van der Waals surface area contributed by atoms with Gasteiger partial charge in [-0.1, -0.05) is 17.9 Å². The number of rotatable bonds is 3. The van der Waals surface area contributed by atoms with Gasteiger partial charge in [-0.15, -0.1) is 0 Å². The van der Waals surface area contributed by atoms with E-state index in [0.717, 1.165) is 12.1 Å². The lowest BCUT2D eigenvalue weighted by Gasteiger charge is -2.05. The summed E-state index contributed by atoms with van der Waals surface area (Å²) in [5.41, 5.74) is 2.70. The Bertz CT molecular complexity index is 384. The van der Waals surface area contributed by atoms with Gasteiger partial charge >= 0.3 is 6.18 Å². The molecule has 86 valence electrons. The summed E-state index contributed by atoms with van der Waals surface area (Å²) in [5, 5.41) is 0. The maximum Gasteiger partial charge on any atom is 0.416 e. The first kappa shape index (κ1) is 12.4. The van der Waals surface area contributed by atoms with E-state index in [2.05, 4.69) is 5.73 Å². The zero-order valence-electron chi connectivity index (χ0n) is 8.71. The molecular formula is C12H11F3O.